The second-order valence-corrected chi connectivity index (χ2v) is 16.4. The van der Waals surface area contributed by atoms with Gasteiger partial charge in [-0.3, -0.25) is 0 Å². The normalized spacial score (nSPS) is 11.4. The molecule has 0 bridgehead atoms. The molecule has 12 aromatic rings. The van der Waals surface area contributed by atoms with E-state index >= 15 is 0 Å². The summed E-state index contributed by atoms with van der Waals surface area (Å²) in [5.74, 6) is 0. The summed E-state index contributed by atoms with van der Waals surface area (Å²) in [7, 11) is 0. The molecule has 64 heavy (non-hydrogen) atoms. The van der Waals surface area contributed by atoms with E-state index in [0.717, 1.165) is 61.3 Å². The van der Waals surface area contributed by atoms with Gasteiger partial charge < -0.3 is 9.32 Å². The van der Waals surface area contributed by atoms with E-state index in [0.29, 0.717) is 0 Å². The molecule has 0 radical (unpaired) electrons. The van der Waals surface area contributed by atoms with Gasteiger partial charge in [0.2, 0.25) is 0 Å². The van der Waals surface area contributed by atoms with Gasteiger partial charge in [0.15, 0.2) is 0 Å². The molecule has 1 aromatic heterocycles. The van der Waals surface area contributed by atoms with Gasteiger partial charge in [0, 0.05) is 33.3 Å². The topological polar surface area (TPSA) is 16.4 Å². The number of benzene rings is 11. The van der Waals surface area contributed by atoms with Gasteiger partial charge >= 0.3 is 0 Å². The van der Waals surface area contributed by atoms with Gasteiger partial charge in [-0.15, -0.1) is 0 Å². The zero-order valence-corrected chi connectivity index (χ0v) is 35.0. The molecule has 0 aliphatic heterocycles. The van der Waals surface area contributed by atoms with Crippen molar-refractivity contribution in [2.24, 2.45) is 0 Å². The van der Waals surface area contributed by atoms with Crippen LogP contribution in [0.3, 0.4) is 0 Å². The minimum atomic E-state index is 0.886. The SMILES string of the molecule is c1cc(-c2ccccc2-c2ccc3ccccc3c2)cc(N(c2ccc(-c3ccc(-c4cccc5ccccc45)cc3)cc2)c2ccccc2-c2cccc3c2oc2ccccc23)c1. The first-order chi connectivity index (χ1) is 31.7. The number of rotatable bonds is 8. The summed E-state index contributed by atoms with van der Waals surface area (Å²) in [5, 5.41) is 7.21. The molecule has 0 fully saturated rings. The summed E-state index contributed by atoms with van der Waals surface area (Å²) in [6.07, 6.45) is 0. The molecular weight excluding hydrogens is 775 g/mol. The molecule has 0 saturated heterocycles. The lowest BCUT2D eigenvalue weighted by Crippen LogP contribution is -2.11. The van der Waals surface area contributed by atoms with E-state index in [-0.39, 0.29) is 0 Å². The maximum Gasteiger partial charge on any atom is 0.143 e. The van der Waals surface area contributed by atoms with Gasteiger partial charge in [-0.05, 0) is 109 Å². The predicted octanol–water partition coefficient (Wildman–Crippen LogP) is 17.7. The van der Waals surface area contributed by atoms with Gasteiger partial charge in [0.05, 0.1) is 5.69 Å². The number of fused-ring (bicyclic) bond motifs is 5. The van der Waals surface area contributed by atoms with Crippen molar-refractivity contribution in [3.8, 4) is 55.6 Å². The summed E-state index contributed by atoms with van der Waals surface area (Å²) < 4.78 is 6.65. The minimum absolute atomic E-state index is 0.886. The van der Waals surface area contributed by atoms with E-state index in [1.165, 1.54) is 54.9 Å². The van der Waals surface area contributed by atoms with E-state index in [9.17, 15) is 0 Å². The monoisotopic (exact) mass is 815 g/mol. The second kappa shape index (κ2) is 15.8. The van der Waals surface area contributed by atoms with Crippen LogP contribution in [0.1, 0.15) is 0 Å². The number of hydrogen-bond donors (Lipinski definition) is 0. The van der Waals surface area contributed by atoms with Crippen molar-refractivity contribution in [1.82, 2.24) is 0 Å². The Balaban J connectivity index is 0.983. The molecule has 0 spiro atoms. The Bertz CT molecular complexity index is 3670. The molecule has 300 valence electrons. The first kappa shape index (κ1) is 37.3. The maximum absolute atomic E-state index is 6.65. The Kier molecular flexibility index (Phi) is 9.20. The lowest BCUT2D eigenvalue weighted by molar-refractivity contribution is 0.670. The molecular formula is C62H41NO. The van der Waals surface area contributed by atoms with Crippen LogP contribution >= 0.6 is 0 Å². The summed E-state index contributed by atoms with van der Waals surface area (Å²) in [6.45, 7) is 0. The van der Waals surface area contributed by atoms with Crippen LogP contribution in [0.5, 0.6) is 0 Å². The fourth-order valence-corrected chi connectivity index (χ4v) is 9.56. The molecule has 11 aromatic carbocycles. The average Bonchev–Trinajstić information content (AvgIpc) is 3.76. The highest BCUT2D eigenvalue weighted by Gasteiger charge is 2.21. The Hall–Kier alpha value is -8.46. The van der Waals surface area contributed by atoms with Crippen LogP contribution in [0.2, 0.25) is 0 Å². The highest BCUT2D eigenvalue weighted by molar-refractivity contribution is 6.11. The van der Waals surface area contributed by atoms with Crippen molar-refractivity contribution >= 4 is 60.5 Å². The molecule has 12 rings (SSSR count). The van der Waals surface area contributed by atoms with Gasteiger partial charge in [0.1, 0.15) is 11.2 Å². The summed E-state index contributed by atoms with van der Waals surface area (Å²) in [4.78, 5) is 2.40. The molecule has 0 aliphatic carbocycles. The smallest absolute Gasteiger partial charge is 0.143 e. The number of furan rings is 1. The van der Waals surface area contributed by atoms with E-state index in [4.69, 9.17) is 4.42 Å². The van der Waals surface area contributed by atoms with Crippen LogP contribution in [0.25, 0.3) is 99.1 Å². The van der Waals surface area contributed by atoms with Crippen molar-refractivity contribution in [2.75, 3.05) is 4.90 Å². The summed E-state index contributed by atoms with van der Waals surface area (Å²) in [6, 6.07) is 89.7. The highest BCUT2D eigenvalue weighted by Crippen LogP contribution is 2.46. The van der Waals surface area contributed by atoms with Crippen LogP contribution in [0.4, 0.5) is 17.1 Å². The van der Waals surface area contributed by atoms with E-state index in [1.54, 1.807) is 0 Å². The molecule has 0 unspecified atom stereocenters. The first-order valence-corrected chi connectivity index (χ1v) is 21.9. The minimum Gasteiger partial charge on any atom is -0.455 e. The molecule has 2 nitrogen and oxygen atoms in total. The van der Waals surface area contributed by atoms with Crippen molar-refractivity contribution in [1.29, 1.82) is 0 Å². The largest absolute Gasteiger partial charge is 0.455 e. The van der Waals surface area contributed by atoms with Crippen molar-refractivity contribution in [3.63, 3.8) is 0 Å². The Morgan fingerprint density at radius 1 is 0.266 bits per heavy atom. The number of anilines is 3. The standard InChI is InChI=1S/C62H41NO/c1-2-16-47-40-49(35-32-42(47)14-1)55-22-6-5-21-54(55)48-18-11-19-51(41-48)63(60-28-9-7-23-56(60)58-26-13-27-59-57-24-8-10-29-61(57)64-62(58)59)50-38-36-44(37-39-50)43-30-33-46(34-31-43)53-25-12-17-45-15-3-4-20-52(45)53/h1-41H. The van der Waals surface area contributed by atoms with Crippen LogP contribution < -0.4 is 4.90 Å². The third kappa shape index (κ3) is 6.61. The van der Waals surface area contributed by atoms with E-state index in [2.05, 4.69) is 248 Å². The summed E-state index contributed by atoms with van der Waals surface area (Å²) >= 11 is 0. The Morgan fingerprint density at radius 3 is 1.61 bits per heavy atom. The number of nitrogens with zero attached hydrogens (tertiary/aromatic N) is 1. The summed E-state index contributed by atoms with van der Waals surface area (Å²) in [5.41, 5.74) is 16.6. The number of para-hydroxylation sites is 3. The van der Waals surface area contributed by atoms with Gasteiger partial charge in [-0.2, -0.15) is 0 Å². The molecule has 0 saturated carbocycles. The molecule has 1 heterocycles. The first-order valence-electron chi connectivity index (χ1n) is 21.9. The lowest BCUT2D eigenvalue weighted by atomic mass is 9.93. The van der Waals surface area contributed by atoms with Crippen LogP contribution in [-0.4, -0.2) is 0 Å². The zero-order chi connectivity index (χ0) is 42.4. The van der Waals surface area contributed by atoms with Crippen LogP contribution in [-0.2, 0) is 0 Å². The second-order valence-electron chi connectivity index (χ2n) is 16.4. The van der Waals surface area contributed by atoms with Crippen LogP contribution in [0, 0.1) is 0 Å². The quantitative estimate of drug-likeness (QED) is 0.152. The van der Waals surface area contributed by atoms with Crippen molar-refractivity contribution in [3.05, 3.63) is 249 Å². The zero-order valence-electron chi connectivity index (χ0n) is 35.0. The van der Waals surface area contributed by atoms with Gasteiger partial charge in [-0.25, -0.2) is 0 Å². The van der Waals surface area contributed by atoms with E-state index < -0.39 is 0 Å². The van der Waals surface area contributed by atoms with Crippen molar-refractivity contribution in [2.45, 2.75) is 0 Å². The predicted molar refractivity (Wildman–Crippen MR) is 271 cm³/mol. The molecule has 2 heteroatoms. The average molecular weight is 816 g/mol. The molecule has 0 N–H and O–H groups in total. The van der Waals surface area contributed by atoms with Crippen LogP contribution in [0.15, 0.2) is 253 Å². The fraction of sp³-hybridized carbons (Fsp3) is 0. The number of hydrogen-bond acceptors (Lipinski definition) is 2. The molecule has 0 aliphatic rings. The van der Waals surface area contributed by atoms with Crippen molar-refractivity contribution < 1.29 is 4.42 Å². The van der Waals surface area contributed by atoms with Gasteiger partial charge in [0.25, 0.3) is 0 Å². The Morgan fingerprint density at radius 2 is 0.797 bits per heavy atom. The molecule has 0 amide bonds. The lowest BCUT2D eigenvalue weighted by Gasteiger charge is -2.28. The Labute approximate surface area is 372 Å². The fourth-order valence-electron chi connectivity index (χ4n) is 9.56. The third-order valence-corrected chi connectivity index (χ3v) is 12.7. The van der Waals surface area contributed by atoms with Gasteiger partial charge in [-0.1, -0.05) is 206 Å². The highest BCUT2D eigenvalue weighted by atomic mass is 16.3. The third-order valence-electron chi connectivity index (χ3n) is 12.7. The maximum atomic E-state index is 6.65. The molecule has 0 atom stereocenters. The van der Waals surface area contributed by atoms with E-state index in [1.807, 2.05) is 6.07 Å².